The minimum Gasteiger partial charge on any atom is -0.333 e. The summed E-state index contributed by atoms with van der Waals surface area (Å²) in [5.74, 6) is 0. The van der Waals surface area contributed by atoms with E-state index < -0.39 is 0 Å². The number of rotatable bonds is 1. The second-order valence-corrected chi connectivity index (χ2v) is 5.34. The monoisotopic (exact) mass is 282 g/mol. The molecule has 86 valence electrons. The standard InChI is InChI=1S/C12H8Cl2N2S/c1-17-12-15-10-4-6-2-8(13)9(14)3-7(6)5-11(10)16-12/h2-5H,1H3,(H,15,16). The third-order valence-electron chi connectivity index (χ3n) is 2.65. The summed E-state index contributed by atoms with van der Waals surface area (Å²) in [4.78, 5) is 7.71. The van der Waals surface area contributed by atoms with Crippen molar-refractivity contribution in [2.75, 3.05) is 6.26 Å². The molecule has 0 bridgehead atoms. The van der Waals surface area contributed by atoms with Crippen LogP contribution in [0, 0.1) is 0 Å². The third kappa shape index (κ3) is 1.88. The molecule has 0 fully saturated rings. The Hall–Kier alpha value is -0.900. The minimum atomic E-state index is 0.569. The van der Waals surface area contributed by atoms with Gasteiger partial charge >= 0.3 is 0 Å². The Morgan fingerprint density at radius 3 is 2.35 bits per heavy atom. The summed E-state index contributed by atoms with van der Waals surface area (Å²) in [5.41, 5.74) is 1.96. The average molecular weight is 283 g/mol. The van der Waals surface area contributed by atoms with Crippen molar-refractivity contribution in [3.05, 3.63) is 34.3 Å². The predicted octanol–water partition coefficient (Wildman–Crippen LogP) is 4.74. The molecule has 2 aromatic carbocycles. The van der Waals surface area contributed by atoms with Gasteiger partial charge in [-0.2, -0.15) is 0 Å². The van der Waals surface area contributed by atoms with E-state index in [1.165, 1.54) is 0 Å². The normalized spacial score (nSPS) is 11.5. The van der Waals surface area contributed by atoms with Crippen LogP contribution >= 0.6 is 35.0 Å². The quantitative estimate of drug-likeness (QED) is 0.653. The molecule has 0 amide bonds. The Kier molecular flexibility index (Phi) is 2.69. The number of hydrogen-bond acceptors (Lipinski definition) is 2. The van der Waals surface area contributed by atoms with Crippen molar-refractivity contribution in [1.82, 2.24) is 9.97 Å². The second-order valence-electron chi connectivity index (χ2n) is 3.73. The molecule has 1 heterocycles. The maximum Gasteiger partial charge on any atom is 0.166 e. The first-order valence-electron chi connectivity index (χ1n) is 5.00. The molecular weight excluding hydrogens is 275 g/mol. The number of hydrogen-bond donors (Lipinski definition) is 1. The minimum absolute atomic E-state index is 0.569. The molecule has 0 saturated heterocycles. The molecule has 0 aliphatic rings. The van der Waals surface area contributed by atoms with E-state index in [4.69, 9.17) is 23.2 Å². The summed E-state index contributed by atoms with van der Waals surface area (Å²) >= 11 is 13.6. The SMILES string of the molecule is CSc1nc2cc3cc(Cl)c(Cl)cc3cc2[nH]1. The first-order chi connectivity index (χ1) is 8.17. The predicted molar refractivity (Wildman–Crippen MR) is 75.4 cm³/mol. The Labute approximate surface area is 112 Å². The van der Waals surface area contributed by atoms with Crippen LogP contribution < -0.4 is 0 Å². The van der Waals surface area contributed by atoms with Gasteiger partial charge in [-0.1, -0.05) is 35.0 Å². The number of aromatic nitrogens is 2. The van der Waals surface area contributed by atoms with Crippen molar-refractivity contribution in [1.29, 1.82) is 0 Å². The molecule has 0 unspecified atom stereocenters. The van der Waals surface area contributed by atoms with E-state index in [-0.39, 0.29) is 0 Å². The van der Waals surface area contributed by atoms with E-state index >= 15 is 0 Å². The maximum atomic E-state index is 6.01. The number of imidazole rings is 1. The second kappa shape index (κ2) is 4.09. The van der Waals surface area contributed by atoms with Gasteiger partial charge in [0, 0.05) is 0 Å². The number of halogens is 2. The summed E-state index contributed by atoms with van der Waals surface area (Å²) < 4.78 is 0. The molecular formula is C12H8Cl2N2S. The summed E-state index contributed by atoms with van der Waals surface area (Å²) in [6, 6.07) is 7.80. The van der Waals surface area contributed by atoms with Gasteiger partial charge in [0.05, 0.1) is 21.1 Å². The zero-order chi connectivity index (χ0) is 12.0. The smallest absolute Gasteiger partial charge is 0.166 e. The van der Waals surface area contributed by atoms with Crippen LogP contribution in [0.1, 0.15) is 0 Å². The fraction of sp³-hybridized carbons (Fsp3) is 0.0833. The van der Waals surface area contributed by atoms with Crippen LogP contribution in [0.4, 0.5) is 0 Å². The lowest BCUT2D eigenvalue weighted by Crippen LogP contribution is -1.76. The summed E-state index contributed by atoms with van der Waals surface area (Å²) in [7, 11) is 0. The zero-order valence-corrected chi connectivity index (χ0v) is 11.2. The number of aromatic amines is 1. The molecule has 0 aliphatic heterocycles. The molecule has 0 saturated carbocycles. The van der Waals surface area contributed by atoms with Gasteiger partial charge in [0.25, 0.3) is 0 Å². The molecule has 0 aliphatic carbocycles. The van der Waals surface area contributed by atoms with Crippen LogP contribution in [0.15, 0.2) is 29.4 Å². The molecule has 2 nitrogen and oxygen atoms in total. The van der Waals surface area contributed by atoms with E-state index in [0.29, 0.717) is 10.0 Å². The number of benzene rings is 2. The molecule has 0 atom stereocenters. The van der Waals surface area contributed by atoms with Crippen LogP contribution in [-0.2, 0) is 0 Å². The lowest BCUT2D eigenvalue weighted by Gasteiger charge is -2.00. The molecule has 3 aromatic rings. The number of thioether (sulfide) groups is 1. The van der Waals surface area contributed by atoms with E-state index in [0.717, 1.165) is 27.0 Å². The molecule has 0 radical (unpaired) electrons. The van der Waals surface area contributed by atoms with Crippen molar-refractivity contribution >= 4 is 56.8 Å². The lowest BCUT2D eigenvalue weighted by atomic mass is 10.1. The van der Waals surface area contributed by atoms with Gasteiger partial charge in [0.1, 0.15) is 0 Å². The van der Waals surface area contributed by atoms with Crippen LogP contribution in [0.3, 0.4) is 0 Å². The highest BCUT2D eigenvalue weighted by molar-refractivity contribution is 7.98. The number of nitrogens with one attached hydrogen (secondary N) is 1. The van der Waals surface area contributed by atoms with Gasteiger partial charge in [-0.15, -0.1) is 0 Å². The average Bonchev–Trinajstić information content (AvgIpc) is 2.70. The Bertz CT molecular complexity index is 663. The Morgan fingerprint density at radius 2 is 1.71 bits per heavy atom. The van der Waals surface area contributed by atoms with Crippen LogP contribution in [0.5, 0.6) is 0 Å². The fourth-order valence-corrected chi connectivity index (χ4v) is 2.57. The molecule has 17 heavy (non-hydrogen) atoms. The van der Waals surface area contributed by atoms with Gasteiger partial charge in [0.2, 0.25) is 0 Å². The van der Waals surface area contributed by atoms with Crippen molar-refractivity contribution in [2.45, 2.75) is 5.16 Å². The van der Waals surface area contributed by atoms with Gasteiger partial charge in [0.15, 0.2) is 5.16 Å². The van der Waals surface area contributed by atoms with Crippen LogP contribution in [0.2, 0.25) is 10.0 Å². The van der Waals surface area contributed by atoms with Crippen molar-refractivity contribution in [2.24, 2.45) is 0 Å². The largest absolute Gasteiger partial charge is 0.333 e. The third-order valence-corrected chi connectivity index (χ3v) is 3.95. The topological polar surface area (TPSA) is 28.7 Å². The fourth-order valence-electron chi connectivity index (χ4n) is 1.82. The van der Waals surface area contributed by atoms with E-state index in [1.807, 2.05) is 30.5 Å². The Balaban J connectivity index is 2.37. The van der Waals surface area contributed by atoms with Gasteiger partial charge in [-0.05, 0) is 41.3 Å². The first kappa shape index (κ1) is 11.2. The summed E-state index contributed by atoms with van der Waals surface area (Å²) in [5, 5.41) is 4.16. The first-order valence-corrected chi connectivity index (χ1v) is 6.98. The number of fused-ring (bicyclic) bond motifs is 2. The van der Waals surface area contributed by atoms with Gasteiger partial charge in [-0.3, -0.25) is 0 Å². The van der Waals surface area contributed by atoms with Crippen molar-refractivity contribution in [3.63, 3.8) is 0 Å². The highest BCUT2D eigenvalue weighted by Crippen LogP contribution is 2.30. The van der Waals surface area contributed by atoms with Crippen LogP contribution in [0.25, 0.3) is 21.8 Å². The molecule has 1 N–H and O–H groups in total. The molecule has 1 aromatic heterocycles. The lowest BCUT2D eigenvalue weighted by molar-refractivity contribution is 1.09. The number of nitrogens with zero attached hydrogens (tertiary/aromatic N) is 1. The highest BCUT2D eigenvalue weighted by Gasteiger charge is 2.06. The van der Waals surface area contributed by atoms with E-state index in [2.05, 4.69) is 9.97 Å². The van der Waals surface area contributed by atoms with Crippen LogP contribution in [-0.4, -0.2) is 16.2 Å². The number of H-pyrrole nitrogens is 1. The summed E-state index contributed by atoms with van der Waals surface area (Å²) in [6.07, 6.45) is 1.99. The van der Waals surface area contributed by atoms with E-state index in [1.54, 1.807) is 11.8 Å². The van der Waals surface area contributed by atoms with Crippen molar-refractivity contribution < 1.29 is 0 Å². The molecule has 3 rings (SSSR count). The summed E-state index contributed by atoms with van der Waals surface area (Å²) in [6.45, 7) is 0. The van der Waals surface area contributed by atoms with E-state index in [9.17, 15) is 0 Å². The zero-order valence-electron chi connectivity index (χ0n) is 8.92. The molecule has 0 spiro atoms. The van der Waals surface area contributed by atoms with Gasteiger partial charge in [-0.25, -0.2) is 4.98 Å². The molecule has 5 heteroatoms. The van der Waals surface area contributed by atoms with Crippen molar-refractivity contribution in [3.8, 4) is 0 Å². The van der Waals surface area contributed by atoms with Gasteiger partial charge < -0.3 is 4.98 Å². The maximum absolute atomic E-state index is 6.01. The Morgan fingerprint density at radius 1 is 1.06 bits per heavy atom. The highest BCUT2D eigenvalue weighted by atomic mass is 35.5.